The molecule has 3 aromatic rings. The molecule has 0 spiro atoms. The maximum Gasteiger partial charge on any atom is 0.225 e. The molecule has 134 valence electrons. The van der Waals surface area contributed by atoms with E-state index in [0.717, 1.165) is 22.7 Å². The Hall–Kier alpha value is -3.08. The van der Waals surface area contributed by atoms with Crippen LogP contribution in [0.25, 0.3) is 0 Å². The number of carbonyl (C=O) groups is 1. The minimum atomic E-state index is -0.344. The molecule has 0 bridgehead atoms. The number of ether oxygens (including phenoxy) is 1. The van der Waals surface area contributed by atoms with Crippen molar-refractivity contribution in [1.29, 1.82) is 0 Å². The van der Waals surface area contributed by atoms with Crippen molar-refractivity contribution in [3.8, 4) is 5.75 Å². The van der Waals surface area contributed by atoms with Crippen LogP contribution in [0.15, 0.2) is 60.9 Å². The molecule has 0 unspecified atom stereocenters. The van der Waals surface area contributed by atoms with Crippen molar-refractivity contribution < 1.29 is 9.53 Å². The summed E-state index contributed by atoms with van der Waals surface area (Å²) in [4.78, 5) is 17.1. The van der Waals surface area contributed by atoms with Gasteiger partial charge in [0.05, 0.1) is 13.5 Å². The normalized spacial score (nSPS) is 11.8. The number of amides is 1. The maximum absolute atomic E-state index is 12.7. The van der Waals surface area contributed by atoms with Crippen LogP contribution < -0.4 is 10.1 Å². The standard InChI is InChI=1S/C21H23N3O2/c1-15-7-9-16(10-8-15)13-19(25)23-20(21-22-11-12-24(21)2)17-5-4-6-18(14-17)26-3/h4-12,14,20H,13H2,1-3H3,(H,23,25)/t20-/m1/s1. The van der Waals surface area contributed by atoms with E-state index < -0.39 is 0 Å². The molecule has 5 nitrogen and oxygen atoms in total. The van der Waals surface area contributed by atoms with Gasteiger partial charge in [0.1, 0.15) is 17.6 Å². The van der Waals surface area contributed by atoms with Crippen LogP contribution in [0.4, 0.5) is 0 Å². The lowest BCUT2D eigenvalue weighted by molar-refractivity contribution is -0.121. The Labute approximate surface area is 153 Å². The largest absolute Gasteiger partial charge is 0.497 e. The van der Waals surface area contributed by atoms with E-state index in [2.05, 4.69) is 10.3 Å². The fraction of sp³-hybridized carbons (Fsp3) is 0.238. The van der Waals surface area contributed by atoms with Gasteiger partial charge in [-0.1, -0.05) is 42.0 Å². The third-order valence-electron chi connectivity index (χ3n) is 4.33. The fourth-order valence-electron chi connectivity index (χ4n) is 2.88. The molecule has 0 fully saturated rings. The van der Waals surface area contributed by atoms with Gasteiger partial charge in [0.15, 0.2) is 0 Å². The summed E-state index contributed by atoms with van der Waals surface area (Å²) in [6.07, 6.45) is 3.93. The highest BCUT2D eigenvalue weighted by atomic mass is 16.5. The topological polar surface area (TPSA) is 56.1 Å². The van der Waals surface area contributed by atoms with Gasteiger partial charge in [0.2, 0.25) is 5.91 Å². The van der Waals surface area contributed by atoms with E-state index in [1.165, 1.54) is 5.56 Å². The Balaban J connectivity index is 1.85. The van der Waals surface area contributed by atoms with Crippen molar-refractivity contribution in [1.82, 2.24) is 14.9 Å². The van der Waals surface area contributed by atoms with E-state index in [9.17, 15) is 4.79 Å². The van der Waals surface area contributed by atoms with Gasteiger partial charge < -0.3 is 14.6 Å². The average molecular weight is 349 g/mol. The number of hydrogen-bond acceptors (Lipinski definition) is 3. The first-order valence-electron chi connectivity index (χ1n) is 8.53. The van der Waals surface area contributed by atoms with E-state index in [0.29, 0.717) is 6.42 Å². The molecule has 0 aliphatic heterocycles. The molecule has 1 heterocycles. The van der Waals surface area contributed by atoms with E-state index in [1.807, 2.05) is 73.3 Å². The first-order chi connectivity index (χ1) is 12.6. The van der Waals surface area contributed by atoms with E-state index in [4.69, 9.17) is 4.74 Å². The van der Waals surface area contributed by atoms with Crippen molar-refractivity contribution >= 4 is 5.91 Å². The zero-order valence-electron chi connectivity index (χ0n) is 15.3. The minimum absolute atomic E-state index is 0.0512. The molecule has 1 N–H and O–H groups in total. The van der Waals surface area contributed by atoms with Crippen LogP contribution >= 0.6 is 0 Å². The van der Waals surface area contributed by atoms with Crippen LogP contribution in [0, 0.1) is 6.92 Å². The molecular formula is C21H23N3O2. The molecular weight excluding hydrogens is 326 g/mol. The number of nitrogens with one attached hydrogen (secondary N) is 1. The van der Waals surface area contributed by atoms with E-state index in [-0.39, 0.29) is 11.9 Å². The number of methoxy groups -OCH3 is 1. The Bertz CT molecular complexity index is 884. The highest BCUT2D eigenvalue weighted by molar-refractivity contribution is 5.79. The van der Waals surface area contributed by atoms with Gasteiger partial charge in [-0.05, 0) is 30.2 Å². The van der Waals surface area contributed by atoms with E-state index in [1.54, 1.807) is 13.3 Å². The fourth-order valence-corrected chi connectivity index (χ4v) is 2.88. The van der Waals surface area contributed by atoms with Crippen LogP contribution in [-0.2, 0) is 18.3 Å². The first-order valence-corrected chi connectivity index (χ1v) is 8.53. The summed E-state index contributed by atoms with van der Waals surface area (Å²) in [5.74, 6) is 1.47. The monoisotopic (exact) mass is 349 g/mol. The summed E-state index contributed by atoms with van der Waals surface area (Å²) < 4.78 is 7.24. The third-order valence-corrected chi connectivity index (χ3v) is 4.33. The Kier molecular flexibility index (Phi) is 5.37. The highest BCUT2D eigenvalue weighted by Gasteiger charge is 2.21. The molecule has 3 rings (SSSR count). The Morgan fingerprint density at radius 2 is 2.00 bits per heavy atom. The number of nitrogens with zero attached hydrogens (tertiary/aromatic N) is 2. The predicted molar refractivity (Wildman–Crippen MR) is 101 cm³/mol. The predicted octanol–water partition coefficient (Wildman–Crippen LogP) is 3.19. The molecule has 1 aromatic heterocycles. The first kappa shape index (κ1) is 17.7. The summed E-state index contributed by atoms with van der Waals surface area (Å²) in [5.41, 5.74) is 3.09. The van der Waals surface area contributed by atoms with Crippen LogP contribution in [0.3, 0.4) is 0 Å². The van der Waals surface area contributed by atoms with Crippen molar-refractivity contribution in [3.05, 3.63) is 83.4 Å². The van der Waals surface area contributed by atoms with Crippen LogP contribution in [0.5, 0.6) is 5.75 Å². The number of aryl methyl sites for hydroxylation is 2. The van der Waals surface area contributed by atoms with Crippen molar-refractivity contribution in [2.24, 2.45) is 7.05 Å². The third kappa shape index (κ3) is 4.11. The molecule has 2 aromatic carbocycles. The lowest BCUT2D eigenvalue weighted by Gasteiger charge is -2.20. The minimum Gasteiger partial charge on any atom is -0.497 e. The SMILES string of the molecule is COc1cccc([C@@H](NC(=O)Cc2ccc(C)cc2)c2nccn2C)c1. The van der Waals surface area contributed by atoms with Crippen LogP contribution in [0.1, 0.15) is 28.6 Å². The lowest BCUT2D eigenvalue weighted by Crippen LogP contribution is -2.32. The van der Waals surface area contributed by atoms with Crippen molar-refractivity contribution in [2.45, 2.75) is 19.4 Å². The van der Waals surface area contributed by atoms with Crippen LogP contribution in [-0.4, -0.2) is 22.6 Å². The van der Waals surface area contributed by atoms with Crippen LogP contribution in [0.2, 0.25) is 0 Å². The number of imidazole rings is 1. The highest BCUT2D eigenvalue weighted by Crippen LogP contribution is 2.24. The molecule has 26 heavy (non-hydrogen) atoms. The second-order valence-electron chi connectivity index (χ2n) is 6.34. The second kappa shape index (κ2) is 7.87. The van der Waals surface area contributed by atoms with E-state index >= 15 is 0 Å². The smallest absolute Gasteiger partial charge is 0.225 e. The number of hydrogen-bond donors (Lipinski definition) is 1. The molecule has 1 atom stereocenters. The summed E-state index contributed by atoms with van der Waals surface area (Å²) in [5, 5.41) is 3.11. The lowest BCUT2D eigenvalue weighted by atomic mass is 10.0. The number of aromatic nitrogens is 2. The molecule has 0 saturated heterocycles. The molecule has 0 radical (unpaired) electrons. The van der Waals surface area contributed by atoms with Gasteiger partial charge in [-0.15, -0.1) is 0 Å². The van der Waals surface area contributed by atoms with Gasteiger partial charge >= 0.3 is 0 Å². The summed E-state index contributed by atoms with van der Waals surface area (Å²) in [6.45, 7) is 2.03. The number of rotatable bonds is 6. The molecule has 0 aliphatic rings. The molecule has 1 amide bonds. The van der Waals surface area contributed by atoms with Gasteiger partial charge in [-0.3, -0.25) is 4.79 Å². The average Bonchev–Trinajstić information content (AvgIpc) is 3.07. The van der Waals surface area contributed by atoms with Crippen molar-refractivity contribution in [2.75, 3.05) is 7.11 Å². The zero-order valence-corrected chi connectivity index (χ0v) is 15.3. The Morgan fingerprint density at radius 1 is 1.23 bits per heavy atom. The maximum atomic E-state index is 12.7. The van der Waals surface area contributed by atoms with Gasteiger partial charge in [-0.25, -0.2) is 4.98 Å². The Morgan fingerprint density at radius 3 is 2.65 bits per heavy atom. The zero-order chi connectivity index (χ0) is 18.5. The van der Waals surface area contributed by atoms with Gasteiger partial charge in [0.25, 0.3) is 0 Å². The summed E-state index contributed by atoms with van der Waals surface area (Å²) in [7, 11) is 3.55. The second-order valence-corrected chi connectivity index (χ2v) is 6.34. The molecule has 5 heteroatoms. The van der Waals surface area contributed by atoms with Crippen molar-refractivity contribution in [3.63, 3.8) is 0 Å². The molecule has 0 saturated carbocycles. The van der Waals surface area contributed by atoms with Gasteiger partial charge in [0, 0.05) is 19.4 Å². The quantitative estimate of drug-likeness (QED) is 0.744. The summed E-state index contributed by atoms with van der Waals surface area (Å²) >= 11 is 0. The number of carbonyl (C=O) groups excluding carboxylic acids is 1. The summed E-state index contributed by atoms with van der Waals surface area (Å²) in [6, 6.07) is 15.3. The molecule has 0 aliphatic carbocycles. The number of benzene rings is 2. The van der Waals surface area contributed by atoms with Gasteiger partial charge in [-0.2, -0.15) is 0 Å².